The standard InChI is InChI=1S/C14H18O2S2/c15-14(16-12-6-2-1-3-7-12)9-5-4-8-13-10-11-17-18-13/h1-3,6-7,13H,4-5,8-11H2. The smallest absolute Gasteiger partial charge is 0.311 e. The molecule has 0 saturated carbocycles. The molecule has 0 bridgehead atoms. The average Bonchev–Trinajstić information content (AvgIpc) is 2.89. The lowest BCUT2D eigenvalue weighted by atomic mass is 10.1. The second kappa shape index (κ2) is 7.74. The minimum atomic E-state index is -0.116. The Morgan fingerprint density at radius 2 is 2.11 bits per heavy atom. The second-order valence-corrected chi connectivity index (χ2v) is 7.15. The number of rotatable bonds is 6. The van der Waals surface area contributed by atoms with Crippen molar-refractivity contribution < 1.29 is 9.53 Å². The highest BCUT2D eigenvalue weighted by atomic mass is 33.1. The van der Waals surface area contributed by atoms with Crippen LogP contribution in [0.25, 0.3) is 0 Å². The Morgan fingerprint density at radius 3 is 2.83 bits per heavy atom. The summed E-state index contributed by atoms with van der Waals surface area (Å²) in [4.78, 5) is 11.6. The van der Waals surface area contributed by atoms with Crippen LogP contribution in [-0.2, 0) is 4.79 Å². The van der Waals surface area contributed by atoms with E-state index in [1.54, 1.807) is 0 Å². The largest absolute Gasteiger partial charge is 0.427 e. The molecule has 98 valence electrons. The van der Waals surface area contributed by atoms with Gasteiger partial charge in [-0.05, 0) is 31.4 Å². The van der Waals surface area contributed by atoms with Crippen LogP contribution >= 0.6 is 21.6 Å². The number of hydrogen-bond acceptors (Lipinski definition) is 4. The van der Waals surface area contributed by atoms with Gasteiger partial charge in [0, 0.05) is 17.4 Å². The summed E-state index contributed by atoms with van der Waals surface area (Å²) in [5.74, 6) is 1.81. The quantitative estimate of drug-likeness (QED) is 0.336. The van der Waals surface area contributed by atoms with Crippen molar-refractivity contribution in [1.82, 2.24) is 0 Å². The normalized spacial score (nSPS) is 18.8. The maximum absolute atomic E-state index is 11.6. The van der Waals surface area contributed by atoms with E-state index in [4.69, 9.17) is 4.74 Å². The molecule has 4 heteroatoms. The molecule has 1 aliphatic rings. The van der Waals surface area contributed by atoms with E-state index in [1.807, 2.05) is 51.9 Å². The first-order chi connectivity index (χ1) is 8.84. The van der Waals surface area contributed by atoms with Gasteiger partial charge in [-0.2, -0.15) is 0 Å². The molecule has 1 atom stereocenters. The van der Waals surface area contributed by atoms with Crippen molar-refractivity contribution >= 4 is 27.6 Å². The fourth-order valence-corrected chi connectivity index (χ4v) is 4.90. The molecule has 1 unspecified atom stereocenters. The molecular weight excluding hydrogens is 264 g/mol. The average molecular weight is 282 g/mol. The molecule has 0 aromatic heterocycles. The molecule has 0 N–H and O–H groups in total. The maximum Gasteiger partial charge on any atom is 0.311 e. The molecular formula is C14H18O2S2. The van der Waals surface area contributed by atoms with Crippen LogP contribution in [0.3, 0.4) is 0 Å². The highest BCUT2D eigenvalue weighted by molar-refractivity contribution is 8.77. The van der Waals surface area contributed by atoms with Gasteiger partial charge < -0.3 is 4.74 Å². The number of carbonyl (C=O) groups excluding carboxylic acids is 1. The van der Waals surface area contributed by atoms with Gasteiger partial charge in [0.15, 0.2) is 0 Å². The monoisotopic (exact) mass is 282 g/mol. The molecule has 0 aliphatic carbocycles. The zero-order valence-electron chi connectivity index (χ0n) is 10.3. The third-order valence-electron chi connectivity index (χ3n) is 2.86. The van der Waals surface area contributed by atoms with Crippen molar-refractivity contribution in [2.75, 3.05) is 5.75 Å². The van der Waals surface area contributed by atoms with E-state index in [-0.39, 0.29) is 5.97 Å². The molecule has 2 nitrogen and oxygen atoms in total. The van der Waals surface area contributed by atoms with Crippen LogP contribution in [0.2, 0.25) is 0 Å². The molecule has 1 aromatic rings. The zero-order valence-corrected chi connectivity index (χ0v) is 12.0. The minimum Gasteiger partial charge on any atom is -0.427 e. The van der Waals surface area contributed by atoms with Crippen LogP contribution in [-0.4, -0.2) is 17.0 Å². The van der Waals surface area contributed by atoms with Crippen LogP contribution in [0, 0.1) is 0 Å². The van der Waals surface area contributed by atoms with E-state index in [0.717, 1.165) is 18.1 Å². The lowest BCUT2D eigenvalue weighted by molar-refractivity contribution is -0.134. The lowest BCUT2D eigenvalue weighted by Gasteiger charge is -2.07. The van der Waals surface area contributed by atoms with Crippen LogP contribution < -0.4 is 4.74 Å². The van der Waals surface area contributed by atoms with E-state index in [2.05, 4.69) is 0 Å². The van der Waals surface area contributed by atoms with Crippen molar-refractivity contribution in [2.45, 2.75) is 37.4 Å². The first-order valence-electron chi connectivity index (χ1n) is 6.38. The number of carbonyl (C=O) groups is 1. The van der Waals surface area contributed by atoms with E-state index in [1.165, 1.54) is 18.6 Å². The number of ether oxygens (including phenoxy) is 1. The SMILES string of the molecule is O=C(CCCCC1CCSS1)Oc1ccccc1. The summed E-state index contributed by atoms with van der Waals surface area (Å²) in [7, 11) is 3.98. The van der Waals surface area contributed by atoms with Gasteiger partial charge in [-0.3, -0.25) is 4.79 Å². The van der Waals surface area contributed by atoms with Crippen LogP contribution in [0.15, 0.2) is 30.3 Å². The molecule has 1 aliphatic heterocycles. The van der Waals surface area contributed by atoms with Gasteiger partial charge in [0.05, 0.1) is 0 Å². The Balaban J connectivity index is 1.57. The predicted octanol–water partition coefficient (Wildman–Crippen LogP) is 4.31. The second-order valence-electron chi connectivity index (χ2n) is 4.36. The summed E-state index contributed by atoms with van der Waals surface area (Å²) < 4.78 is 5.24. The molecule has 1 fully saturated rings. The number of hydrogen-bond donors (Lipinski definition) is 0. The van der Waals surface area contributed by atoms with Gasteiger partial charge in [-0.1, -0.05) is 46.2 Å². The van der Waals surface area contributed by atoms with Crippen molar-refractivity contribution in [3.05, 3.63) is 30.3 Å². The van der Waals surface area contributed by atoms with Crippen molar-refractivity contribution in [3.63, 3.8) is 0 Å². The van der Waals surface area contributed by atoms with E-state index in [9.17, 15) is 4.79 Å². The summed E-state index contributed by atoms with van der Waals surface area (Å²) >= 11 is 0. The number of para-hydroxylation sites is 1. The highest BCUT2D eigenvalue weighted by Gasteiger charge is 2.15. The maximum atomic E-state index is 11.6. The lowest BCUT2D eigenvalue weighted by Crippen LogP contribution is -2.07. The molecule has 0 amide bonds. The van der Waals surface area contributed by atoms with Crippen molar-refractivity contribution in [1.29, 1.82) is 0 Å². The number of unbranched alkanes of at least 4 members (excludes halogenated alkanes) is 1. The summed E-state index contributed by atoms with van der Waals surface area (Å²) in [6.07, 6.45) is 5.15. The molecule has 1 heterocycles. The highest BCUT2D eigenvalue weighted by Crippen LogP contribution is 2.39. The zero-order chi connectivity index (χ0) is 12.6. The fourth-order valence-electron chi connectivity index (χ4n) is 1.88. The third-order valence-corrected chi connectivity index (χ3v) is 5.87. The van der Waals surface area contributed by atoms with E-state index >= 15 is 0 Å². The third kappa shape index (κ3) is 4.94. The molecule has 1 aromatic carbocycles. The number of benzene rings is 1. The minimum absolute atomic E-state index is 0.116. The molecule has 0 spiro atoms. The van der Waals surface area contributed by atoms with Crippen LogP contribution in [0.1, 0.15) is 32.1 Å². The first-order valence-corrected chi connectivity index (χ1v) is 8.77. The number of esters is 1. The molecule has 1 saturated heterocycles. The van der Waals surface area contributed by atoms with E-state index in [0.29, 0.717) is 12.2 Å². The Labute approximate surface area is 116 Å². The van der Waals surface area contributed by atoms with Gasteiger partial charge in [0.25, 0.3) is 0 Å². The van der Waals surface area contributed by atoms with Gasteiger partial charge in [-0.25, -0.2) is 0 Å². The fraction of sp³-hybridized carbons (Fsp3) is 0.500. The Morgan fingerprint density at radius 1 is 1.28 bits per heavy atom. The molecule has 2 rings (SSSR count). The van der Waals surface area contributed by atoms with Gasteiger partial charge in [0.2, 0.25) is 0 Å². The molecule has 18 heavy (non-hydrogen) atoms. The summed E-state index contributed by atoms with van der Waals surface area (Å²) in [6, 6.07) is 9.28. The summed E-state index contributed by atoms with van der Waals surface area (Å²) in [5.41, 5.74) is 0. The topological polar surface area (TPSA) is 26.3 Å². The molecule has 0 radical (unpaired) electrons. The Hall–Kier alpha value is -0.610. The summed E-state index contributed by atoms with van der Waals surface area (Å²) in [6.45, 7) is 0. The van der Waals surface area contributed by atoms with Gasteiger partial charge in [0.1, 0.15) is 5.75 Å². The van der Waals surface area contributed by atoms with Gasteiger partial charge in [-0.15, -0.1) is 0 Å². The van der Waals surface area contributed by atoms with E-state index < -0.39 is 0 Å². The van der Waals surface area contributed by atoms with Gasteiger partial charge >= 0.3 is 5.97 Å². The summed E-state index contributed by atoms with van der Waals surface area (Å²) in [5, 5.41) is 0.806. The Kier molecular flexibility index (Phi) is 5.94. The predicted molar refractivity (Wildman–Crippen MR) is 79.0 cm³/mol. The van der Waals surface area contributed by atoms with Crippen molar-refractivity contribution in [2.24, 2.45) is 0 Å². The van der Waals surface area contributed by atoms with Crippen molar-refractivity contribution in [3.8, 4) is 5.75 Å². The first kappa shape index (κ1) is 13.8. The Bertz CT molecular complexity index is 361. The van der Waals surface area contributed by atoms with Crippen LogP contribution in [0.4, 0.5) is 0 Å². The van der Waals surface area contributed by atoms with Crippen LogP contribution in [0.5, 0.6) is 5.75 Å².